The number of Topliss-reactive ketones (excluding diaryl/α,β-unsaturated/α-hetero) is 2. The van der Waals surface area contributed by atoms with Crippen molar-refractivity contribution in [1.29, 1.82) is 0 Å². The number of hydrogen-bond donors (Lipinski definition) is 3. The van der Waals surface area contributed by atoms with E-state index in [0.717, 1.165) is 5.57 Å². The van der Waals surface area contributed by atoms with E-state index in [-0.39, 0.29) is 42.7 Å². The average Bonchev–Trinajstić information content (AvgIpc) is 3.03. The zero-order valence-corrected chi connectivity index (χ0v) is 25.3. The number of fused-ring (bicyclic) bond motifs is 5. The van der Waals surface area contributed by atoms with Crippen LogP contribution in [0.1, 0.15) is 88.0 Å². The first-order chi connectivity index (χ1) is 18.1. The first kappa shape index (κ1) is 30.8. The van der Waals surface area contributed by atoms with E-state index in [1.165, 1.54) is 26.0 Å². The molecule has 9 unspecified atom stereocenters. The fourth-order valence-electron chi connectivity index (χ4n) is 9.43. The standard InChI is InChI=1S/C32H46O8/c1-17(33)40-27(2,3)13-12-23(36)32(9,39)25-20(34)16-30(7)18-10-11-22-28(4,5)26(38)21(35)15-29(22,6)19(18)14-24(37)31(25,30)8/h10,12-13,19-22,25,34-35,39H,11,14-16H2,1-9H3. The van der Waals surface area contributed by atoms with Crippen molar-refractivity contribution in [2.45, 2.75) is 111 Å². The maximum Gasteiger partial charge on any atom is 0.303 e. The van der Waals surface area contributed by atoms with Gasteiger partial charge in [-0.15, -0.1) is 0 Å². The lowest BCUT2D eigenvalue weighted by Gasteiger charge is -2.63. The molecule has 0 aromatic rings. The third-order valence-electron chi connectivity index (χ3n) is 11.5. The van der Waals surface area contributed by atoms with Gasteiger partial charge in [0, 0.05) is 35.5 Å². The average molecular weight is 559 g/mol. The minimum Gasteiger partial charge on any atom is -0.456 e. The van der Waals surface area contributed by atoms with Crippen LogP contribution in [0.5, 0.6) is 0 Å². The van der Waals surface area contributed by atoms with Crippen molar-refractivity contribution in [2.75, 3.05) is 0 Å². The molecule has 40 heavy (non-hydrogen) atoms. The van der Waals surface area contributed by atoms with Crippen molar-refractivity contribution in [3.8, 4) is 0 Å². The Morgan fingerprint density at radius 1 is 1.05 bits per heavy atom. The lowest BCUT2D eigenvalue weighted by atomic mass is 9.40. The molecule has 4 aliphatic carbocycles. The molecule has 4 aliphatic rings. The highest BCUT2D eigenvalue weighted by molar-refractivity contribution is 5.99. The molecule has 0 saturated heterocycles. The van der Waals surface area contributed by atoms with Gasteiger partial charge in [-0.05, 0) is 69.4 Å². The molecule has 0 aliphatic heterocycles. The molecular weight excluding hydrogens is 512 g/mol. The highest BCUT2D eigenvalue weighted by Crippen LogP contribution is 2.72. The van der Waals surface area contributed by atoms with Gasteiger partial charge in [0.15, 0.2) is 11.6 Å². The Balaban J connectivity index is 1.75. The Hall–Kier alpha value is -2.16. The van der Waals surface area contributed by atoms with Crippen LogP contribution < -0.4 is 0 Å². The van der Waals surface area contributed by atoms with E-state index in [4.69, 9.17) is 4.74 Å². The highest BCUT2D eigenvalue weighted by Gasteiger charge is 2.73. The molecule has 4 rings (SSSR count). The molecule has 0 radical (unpaired) electrons. The van der Waals surface area contributed by atoms with Crippen molar-refractivity contribution in [1.82, 2.24) is 0 Å². The number of esters is 1. The van der Waals surface area contributed by atoms with Gasteiger partial charge in [0.05, 0.1) is 6.10 Å². The lowest BCUT2D eigenvalue weighted by molar-refractivity contribution is -0.170. The van der Waals surface area contributed by atoms with E-state index in [9.17, 15) is 34.5 Å². The molecule has 0 amide bonds. The molecule has 9 atom stereocenters. The van der Waals surface area contributed by atoms with Crippen LogP contribution in [0.3, 0.4) is 0 Å². The summed E-state index contributed by atoms with van der Waals surface area (Å²) in [6.07, 6.45) is 3.67. The van der Waals surface area contributed by atoms with Crippen LogP contribution in [-0.2, 0) is 23.9 Å². The number of rotatable bonds is 5. The number of ketones is 3. The van der Waals surface area contributed by atoms with Gasteiger partial charge in [0.2, 0.25) is 0 Å². The van der Waals surface area contributed by atoms with E-state index in [1.807, 2.05) is 20.8 Å². The minimum atomic E-state index is -2.08. The quantitative estimate of drug-likeness (QED) is 0.265. The molecule has 0 aromatic carbocycles. The molecule has 8 heteroatoms. The Morgan fingerprint density at radius 3 is 2.23 bits per heavy atom. The number of aliphatic hydroxyl groups is 3. The van der Waals surface area contributed by atoms with E-state index in [0.29, 0.717) is 6.42 Å². The molecular formula is C32H46O8. The molecule has 0 aromatic heterocycles. The number of allylic oxidation sites excluding steroid dienone is 2. The summed E-state index contributed by atoms with van der Waals surface area (Å²) in [6.45, 7) is 15.4. The first-order valence-corrected chi connectivity index (χ1v) is 14.4. The highest BCUT2D eigenvalue weighted by atomic mass is 16.6. The van der Waals surface area contributed by atoms with E-state index < -0.39 is 62.7 Å². The van der Waals surface area contributed by atoms with Gasteiger partial charge in [-0.25, -0.2) is 0 Å². The smallest absolute Gasteiger partial charge is 0.303 e. The zero-order chi connectivity index (χ0) is 30.4. The van der Waals surface area contributed by atoms with Crippen LogP contribution in [0.2, 0.25) is 0 Å². The number of carbonyl (C=O) groups is 4. The summed E-state index contributed by atoms with van der Waals surface area (Å²) in [7, 11) is 0. The monoisotopic (exact) mass is 558 g/mol. The van der Waals surface area contributed by atoms with E-state index in [1.54, 1.807) is 20.8 Å². The topological polar surface area (TPSA) is 138 Å². The van der Waals surface area contributed by atoms with Crippen LogP contribution in [0, 0.1) is 39.4 Å². The van der Waals surface area contributed by atoms with Crippen molar-refractivity contribution in [3.63, 3.8) is 0 Å². The molecule has 3 fully saturated rings. The van der Waals surface area contributed by atoms with Crippen LogP contribution in [0.25, 0.3) is 0 Å². The third-order valence-corrected chi connectivity index (χ3v) is 11.5. The van der Waals surface area contributed by atoms with Crippen LogP contribution in [-0.4, -0.2) is 62.0 Å². The largest absolute Gasteiger partial charge is 0.456 e. The predicted molar refractivity (Wildman–Crippen MR) is 148 cm³/mol. The van der Waals surface area contributed by atoms with Gasteiger partial charge < -0.3 is 20.1 Å². The molecule has 8 nitrogen and oxygen atoms in total. The Labute approximate surface area is 237 Å². The first-order valence-electron chi connectivity index (χ1n) is 14.4. The van der Waals surface area contributed by atoms with Gasteiger partial charge in [0.25, 0.3) is 0 Å². The Kier molecular flexibility index (Phi) is 7.06. The molecule has 3 saturated carbocycles. The fraction of sp³-hybridized carbons (Fsp3) is 0.750. The van der Waals surface area contributed by atoms with Crippen molar-refractivity contribution >= 4 is 23.3 Å². The summed E-state index contributed by atoms with van der Waals surface area (Å²) in [4.78, 5) is 52.1. The number of hydrogen-bond acceptors (Lipinski definition) is 8. The minimum absolute atomic E-state index is 0.0528. The third kappa shape index (κ3) is 4.11. The summed E-state index contributed by atoms with van der Waals surface area (Å²) in [5, 5.41) is 34.0. The van der Waals surface area contributed by atoms with E-state index >= 15 is 0 Å². The molecule has 0 spiro atoms. The van der Waals surface area contributed by atoms with Gasteiger partial charge in [0.1, 0.15) is 23.1 Å². The summed E-state index contributed by atoms with van der Waals surface area (Å²) < 4.78 is 5.22. The molecule has 3 N–H and O–H groups in total. The summed E-state index contributed by atoms with van der Waals surface area (Å²) >= 11 is 0. The number of carbonyl (C=O) groups excluding carboxylic acids is 4. The van der Waals surface area contributed by atoms with Crippen LogP contribution in [0.4, 0.5) is 0 Å². The summed E-state index contributed by atoms with van der Waals surface area (Å²) in [6, 6.07) is 0. The lowest BCUT2D eigenvalue weighted by Crippen LogP contribution is -2.63. The van der Waals surface area contributed by atoms with Crippen molar-refractivity contribution < 1.29 is 39.2 Å². The normalized spacial score (nSPS) is 42.4. The SMILES string of the molecule is CC(=O)OC(C)(C)C=CC(=O)C(C)(O)C1C(O)CC2(C)C3=CCC4C(C)(C)C(=O)C(O)CC4(C)C3CC(=O)C12C. The maximum absolute atomic E-state index is 14.3. The Bertz CT molecular complexity index is 1210. The van der Waals surface area contributed by atoms with Gasteiger partial charge in [-0.1, -0.05) is 46.3 Å². The summed E-state index contributed by atoms with van der Waals surface area (Å²) in [5.74, 6) is -2.85. The van der Waals surface area contributed by atoms with E-state index in [2.05, 4.69) is 13.0 Å². The van der Waals surface area contributed by atoms with Crippen LogP contribution in [0.15, 0.2) is 23.8 Å². The number of aliphatic hydroxyl groups excluding tert-OH is 2. The zero-order valence-electron chi connectivity index (χ0n) is 25.3. The van der Waals surface area contributed by atoms with Crippen molar-refractivity contribution in [2.24, 2.45) is 39.4 Å². The summed E-state index contributed by atoms with van der Waals surface area (Å²) in [5.41, 5.74) is -5.49. The predicted octanol–water partition coefficient (Wildman–Crippen LogP) is 3.50. The van der Waals surface area contributed by atoms with Crippen molar-refractivity contribution in [3.05, 3.63) is 23.8 Å². The number of ether oxygens (including phenoxy) is 1. The van der Waals surface area contributed by atoms with Gasteiger partial charge in [-0.2, -0.15) is 0 Å². The van der Waals surface area contributed by atoms with Crippen LogP contribution >= 0.6 is 0 Å². The van der Waals surface area contributed by atoms with Gasteiger partial charge in [-0.3, -0.25) is 19.2 Å². The Morgan fingerprint density at radius 2 is 1.65 bits per heavy atom. The second-order valence-corrected chi connectivity index (χ2v) is 14.8. The maximum atomic E-state index is 14.3. The fourth-order valence-corrected chi connectivity index (χ4v) is 9.43. The van der Waals surface area contributed by atoms with Gasteiger partial charge >= 0.3 is 5.97 Å². The second kappa shape index (κ2) is 9.17. The molecule has 0 bridgehead atoms. The second-order valence-electron chi connectivity index (χ2n) is 14.8. The molecule has 222 valence electrons. The molecule has 0 heterocycles.